The molecule has 3 heterocycles. The highest BCUT2D eigenvalue weighted by Crippen LogP contribution is 2.29. The normalized spacial score (nSPS) is 19.0. The number of hydrogen-bond acceptors (Lipinski definition) is 7. The number of carbonyl (C=O) groups excluding carboxylic acids is 2. The summed E-state index contributed by atoms with van der Waals surface area (Å²) < 4.78 is 5.97. The number of rotatable bonds is 7. The summed E-state index contributed by atoms with van der Waals surface area (Å²) in [5.41, 5.74) is 4.87. The maximum absolute atomic E-state index is 13.2. The summed E-state index contributed by atoms with van der Waals surface area (Å²) in [6, 6.07) is 8.98. The van der Waals surface area contributed by atoms with Crippen LogP contribution in [0, 0.1) is 10.6 Å². The zero-order valence-electron chi connectivity index (χ0n) is 18.3. The van der Waals surface area contributed by atoms with Crippen molar-refractivity contribution in [3.05, 3.63) is 56.6 Å². The first-order chi connectivity index (χ1) is 15.9. The summed E-state index contributed by atoms with van der Waals surface area (Å²) in [4.78, 5) is 33.1. The van der Waals surface area contributed by atoms with Crippen molar-refractivity contribution in [2.24, 2.45) is 0 Å². The highest BCUT2D eigenvalue weighted by molar-refractivity contribution is 14.1. The standard InChI is InChI=1S/C23H25IN4O4S/c1-3-17(19-9-20(24)27-32-19)23(31)28-11-16(29)8-18(28)22(30)25-10-14-4-6-15(7-5-14)21-13(2)26-12-33-21/h4-7,9,12,16-18,29H,3,8,10-11H2,1-2H3,(H,25,30). The molecule has 3 unspecified atom stereocenters. The predicted octanol–water partition coefficient (Wildman–Crippen LogP) is 3.48. The van der Waals surface area contributed by atoms with E-state index in [9.17, 15) is 14.7 Å². The van der Waals surface area contributed by atoms with Crippen LogP contribution in [0.3, 0.4) is 0 Å². The average Bonchev–Trinajstić information content (AvgIpc) is 3.53. The van der Waals surface area contributed by atoms with Crippen LogP contribution in [0.1, 0.15) is 42.7 Å². The molecule has 0 aliphatic carbocycles. The van der Waals surface area contributed by atoms with Gasteiger partial charge in [-0.3, -0.25) is 9.59 Å². The van der Waals surface area contributed by atoms with Crippen LogP contribution in [0.2, 0.25) is 0 Å². The third-order valence-corrected chi connectivity index (χ3v) is 7.33. The summed E-state index contributed by atoms with van der Waals surface area (Å²) in [6.45, 7) is 4.33. The molecule has 1 aliphatic heterocycles. The molecule has 0 radical (unpaired) electrons. The second-order valence-corrected chi connectivity index (χ2v) is 10.1. The lowest BCUT2D eigenvalue weighted by molar-refractivity contribution is -0.140. The van der Waals surface area contributed by atoms with Gasteiger partial charge >= 0.3 is 0 Å². The van der Waals surface area contributed by atoms with Crippen molar-refractivity contribution in [3.8, 4) is 10.4 Å². The van der Waals surface area contributed by atoms with Crippen LogP contribution < -0.4 is 5.32 Å². The molecule has 1 aliphatic rings. The van der Waals surface area contributed by atoms with Crippen LogP contribution in [0.25, 0.3) is 10.4 Å². The summed E-state index contributed by atoms with van der Waals surface area (Å²) in [7, 11) is 0. The number of nitrogens with zero attached hydrogens (tertiary/aromatic N) is 3. The highest BCUT2D eigenvalue weighted by atomic mass is 127. The number of aryl methyl sites for hydroxylation is 1. The maximum atomic E-state index is 13.2. The molecular weight excluding hydrogens is 555 g/mol. The molecule has 0 spiro atoms. The largest absolute Gasteiger partial charge is 0.391 e. The number of benzene rings is 1. The third kappa shape index (κ3) is 5.28. The van der Waals surface area contributed by atoms with Gasteiger partial charge in [0.1, 0.15) is 15.5 Å². The van der Waals surface area contributed by atoms with E-state index in [4.69, 9.17) is 4.52 Å². The van der Waals surface area contributed by atoms with Crippen LogP contribution in [-0.4, -0.2) is 50.7 Å². The monoisotopic (exact) mass is 580 g/mol. The summed E-state index contributed by atoms with van der Waals surface area (Å²) in [6.07, 6.45) is -0.0127. The van der Waals surface area contributed by atoms with Gasteiger partial charge in [-0.1, -0.05) is 36.3 Å². The van der Waals surface area contributed by atoms with Gasteiger partial charge < -0.3 is 19.8 Å². The van der Waals surface area contributed by atoms with Crippen molar-refractivity contribution in [1.29, 1.82) is 0 Å². The Morgan fingerprint density at radius 3 is 2.73 bits per heavy atom. The summed E-state index contributed by atoms with van der Waals surface area (Å²) in [5, 5.41) is 17.0. The molecule has 10 heteroatoms. The van der Waals surface area contributed by atoms with Crippen molar-refractivity contribution in [2.75, 3.05) is 6.54 Å². The molecule has 2 N–H and O–H groups in total. The Morgan fingerprint density at radius 1 is 1.36 bits per heavy atom. The van der Waals surface area contributed by atoms with Crippen molar-refractivity contribution in [2.45, 2.75) is 51.3 Å². The molecule has 0 bridgehead atoms. The van der Waals surface area contributed by atoms with Crippen molar-refractivity contribution in [3.63, 3.8) is 0 Å². The lowest BCUT2D eigenvalue weighted by Crippen LogP contribution is -2.47. The number of hydrogen-bond donors (Lipinski definition) is 2. The third-order valence-electron chi connectivity index (χ3n) is 5.84. The van der Waals surface area contributed by atoms with Crippen LogP contribution in [0.4, 0.5) is 0 Å². The molecule has 33 heavy (non-hydrogen) atoms. The SMILES string of the molecule is CCC(C(=O)N1CC(O)CC1C(=O)NCc1ccc(-c2scnc2C)cc1)c1cc(I)no1. The lowest BCUT2D eigenvalue weighted by atomic mass is 10.0. The van der Waals surface area contributed by atoms with Gasteiger partial charge in [-0.25, -0.2) is 4.98 Å². The van der Waals surface area contributed by atoms with Crippen LogP contribution in [0.5, 0.6) is 0 Å². The van der Waals surface area contributed by atoms with Crippen molar-refractivity contribution >= 4 is 45.7 Å². The molecule has 3 atom stereocenters. The van der Waals surface area contributed by atoms with Crippen molar-refractivity contribution in [1.82, 2.24) is 20.4 Å². The van der Waals surface area contributed by atoms with Gasteiger partial charge in [0.05, 0.1) is 28.1 Å². The molecule has 174 valence electrons. The number of nitrogens with one attached hydrogen (secondary N) is 1. The maximum Gasteiger partial charge on any atom is 0.243 e. The Labute approximate surface area is 209 Å². The number of aliphatic hydroxyl groups excluding tert-OH is 1. The van der Waals surface area contributed by atoms with Gasteiger partial charge in [0, 0.05) is 25.6 Å². The number of halogens is 1. The molecule has 0 saturated carbocycles. The number of thiazole rings is 1. The molecular formula is C23H25IN4O4S. The molecule has 1 saturated heterocycles. The molecule has 3 aromatic rings. The van der Waals surface area contributed by atoms with E-state index >= 15 is 0 Å². The number of aromatic nitrogens is 2. The minimum Gasteiger partial charge on any atom is -0.391 e. The second kappa shape index (κ2) is 10.3. The Bertz CT molecular complexity index is 1130. The van der Waals surface area contributed by atoms with Crippen LogP contribution >= 0.6 is 33.9 Å². The van der Waals surface area contributed by atoms with E-state index in [1.54, 1.807) is 17.4 Å². The molecule has 8 nitrogen and oxygen atoms in total. The van der Waals surface area contributed by atoms with E-state index in [0.717, 1.165) is 21.7 Å². The van der Waals surface area contributed by atoms with Gasteiger partial charge in [-0.15, -0.1) is 11.3 Å². The number of β-amino-alcohol motifs (C(OH)–C–C–N with tert-alkyl or cyclic N) is 1. The smallest absolute Gasteiger partial charge is 0.243 e. The summed E-state index contributed by atoms with van der Waals surface area (Å²) in [5.74, 6) is -0.566. The Morgan fingerprint density at radius 2 is 2.12 bits per heavy atom. The minimum absolute atomic E-state index is 0.127. The molecule has 2 aromatic heterocycles. The molecule has 1 aromatic carbocycles. The van der Waals surface area contributed by atoms with E-state index in [2.05, 4.69) is 15.5 Å². The Hall–Kier alpha value is -2.31. The van der Waals surface area contributed by atoms with Crippen LogP contribution in [0.15, 0.2) is 40.4 Å². The quantitative estimate of drug-likeness (QED) is 0.415. The van der Waals surface area contributed by atoms with E-state index in [-0.39, 0.29) is 24.8 Å². The van der Waals surface area contributed by atoms with Gasteiger partial charge in [-0.05, 0) is 47.1 Å². The number of aliphatic hydroxyl groups is 1. The fourth-order valence-corrected chi connectivity index (χ4v) is 5.31. The van der Waals surface area contributed by atoms with Gasteiger partial charge in [0.25, 0.3) is 0 Å². The zero-order valence-corrected chi connectivity index (χ0v) is 21.3. The molecule has 4 rings (SSSR count). The van der Waals surface area contributed by atoms with Gasteiger partial charge in [0.2, 0.25) is 11.8 Å². The first-order valence-corrected chi connectivity index (χ1v) is 12.7. The van der Waals surface area contributed by atoms with Gasteiger partial charge in [0.15, 0.2) is 0 Å². The van der Waals surface area contributed by atoms with E-state index in [1.165, 1.54) is 4.90 Å². The van der Waals surface area contributed by atoms with E-state index in [1.807, 2.05) is 66.2 Å². The molecule has 1 fully saturated rings. The number of carbonyl (C=O) groups is 2. The van der Waals surface area contributed by atoms with E-state index in [0.29, 0.717) is 22.4 Å². The van der Waals surface area contributed by atoms with Crippen molar-refractivity contribution < 1.29 is 19.2 Å². The minimum atomic E-state index is -0.737. The van der Waals surface area contributed by atoms with Gasteiger partial charge in [-0.2, -0.15) is 0 Å². The van der Waals surface area contributed by atoms with E-state index < -0.39 is 18.1 Å². The second-order valence-electron chi connectivity index (χ2n) is 8.09. The zero-order chi connectivity index (χ0) is 23.5. The number of likely N-dealkylation sites (tertiary alicyclic amines) is 1. The lowest BCUT2D eigenvalue weighted by Gasteiger charge is -2.26. The first-order valence-electron chi connectivity index (χ1n) is 10.7. The highest BCUT2D eigenvalue weighted by Gasteiger charge is 2.41. The topological polar surface area (TPSA) is 109 Å². The van der Waals surface area contributed by atoms with Crippen LogP contribution in [-0.2, 0) is 16.1 Å². The Balaban J connectivity index is 1.41. The fraction of sp³-hybridized carbons (Fsp3) is 0.391. The Kier molecular flexibility index (Phi) is 7.45. The molecule has 2 amide bonds. The average molecular weight is 580 g/mol. The fourth-order valence-electron chi connectivity index (χ4n) is 4.09. The first kappa shape index (κ1) is 23.8. The summed E-state index contributed by atoms with van der Waals surface area (Å²) >= 11 is 3.62. The number of amides is 2. The predicted molar refractivity (Wildman–Crippen MR) is 133 cm³/mol.